The van der Waals surface area contributed by atoms with Crippen LogP contribution in [0.25, 0.3) is 0 Å². The molecule has 1 heterocycles. The first kappa shape index (κ1) is 25.0. The molecule has 3 aromatic carbocycles. The zero-order valence-electron chi connectivity index (χ0n) is 20.6. The molecule has 1 aliphatic heterocycles. The zero-order valence-corrected chi connectivity index (χ0v) is 20.6. The van der Waals surface area contributed by atoms with Crippen molar-refractivity contribution < 1.29 is 42.3 Å². The maximum atomic E-state index is 14.3. The molecule has 4 rings (SSSR count). The number of carbonyl (C=O) groups is 1. The van der Waals surface area contributed by atoms with Gasteiger partial charge in [-0.2, -0.15) is 0 Å². The molecule has 2 atom stereocenters. The predicted molar refractivity (Wildman–Crippen MR) is 128 cm³/mol. The van der Waals surface area contributed by atoms with Crippen molar-refractivity contribution in [3.63, 3.8) is 0 Å². The Morgan fingerprint density at radius 2 is 1.53 bits per heavy atom. The Balaban J connectivity index is 1.81. The molecule has 36 heavy (non-hydrogen) atoms. The Morgan fingerprint density at radius 1 is 0.861 bits per heavy atom. The van der Waals surface area contributed by atoms with Crippen LogP contribution >= 0.6 is 0 Å². The molecule has 9 heteroatoms. The quantitative estimate of drug-likeness (QED) is 0.411. The van der Waals surface area contributed by atoms with Gasteiger partial charge in [-0.05, 0) is 24.3 Å². The number of rotatable bonds is 8. The van der Waals surface area contributed by atoms with E-state index in [1.54, 1.807) is 37.4 Å². The van der Waals surface area contributed by atoms with Crippen LogP contribution in [0, 0.1) is 5.82 Å². The van der Waals surface area contributed by atoms with E-state index in [0.29, 0.717) is 45.6 Å². The molecule has 0 radical (unpaired) electrons. The second-order valence-electron chi connectivity index (χ2n) is 7.93. The molecule has 8 nitrogen and oxygen atoms in total. The maximum Gasteiger partial charge on any atom is 0.341 e. The Kier molecular flexibility index (Phi) is 7.38. The highest BCUT2D eigenvalue weighted by atomic mass is 19.1. The lowest BCUT2D eigenvalue weighted by atomic mass is 9.93. The van der Waals surface area contributed by atoms with Crippen molar-refractivity contribution in [2.24, 2.45) is 0 Å². The van der Waals surface area contributed by atoms with Gasteiger partial charge in [-0.15, -0.1) is 0 Å². The van der Waals surface area contributed by atoms with Crippen molar-refractivity contribution in [3.8, 4) is 34.5 Å². The number of halogens is 1. The molecule has 2 unspecified atom stereocenters. The zero-order chi connectivity index (χ0) is 25.8. The number of hydrogen-bond donors (Lipinski definition) is 0. The molecule has 3 aromatic rings. The molecule has 1 aliphatic rings. The number of esters is 1. The smallest absolute Gasteiger partial charge is 0.341 e. The lowest BCUT2D eigenvalue weighted by molar-refractivity contribution is -0.0192. The Labute approximate surface area is 208 Å². The van der Waals surface area contributed by atoms with Crippen molar-refractivity contribution in [3.05, 3.63) is 71.0 Å². The molecule has 0 amide bonds. The second-order valence-corrected chi connectivity index (χ2v) is 7.93. The van der Waals surface area contributed by atoms with Gasteiger partial charge in [0.25, 0.3) is 0 Å². The summed E-state index contributed by atoms with van der Waals surface area (Å²) in [5.41, 5.74) is 1.12. The van der Waals surface area contributed by atoms with Crippen molar-refractivity contribution in [1.29, 1.82) is 0 Å². The monoisotopic (exact) mass is 498 g/mol. The summed E-state index contributed by atoms with van der Waals surface area (Å²) in [5, 5.41) is 0. The molecule has 190 valence electrons. The fourth-order valence-electron chi connectivity index (χ4n) is 4.20. The molecular weight excluding hydrogens is 471 g/mol. The number of carbonyl (C=O) groups excluding carboxylic acids is 1. The SMILES string of the molecule is COc1cc(OC)c2c(c1)OC(c1cc(OC)c(OC)c(OC)c1)C(OC(=O)c1ccccc1F)C2. The third-order valence-electron chi connectivity index (χ3n) is 5.96. The van der Waals surface area contributed by atoms with Gasteiger partial charge in [0.15, 0.2) is 17.6 Å². The minimum absolute atomic E-state index is 0.173. The molecule has 0 aromatic heterocycles. The van der Waals surface area contributed by atoms with Crippen LogP contribution in [-0.2, 0) is 11.2 Å². The van der Waals surface area contributed by atoms with Crippen molar-refractivity contribution in [2.75, 3.05) is 35.5 Å². The molecule has 0 fully saturated rings. The Hall–Kier alpha value is -4.14. The first-order chi connectivity index (χ1) is 17.4. The van der Waals surface area contributed by atoms with Crippen LogP contribution < -0.4 is 28.4 Å². The minimum Gasteiger partial charge on any atom is -0.496 e. The fourth-order valence-corrected chi connectivity index (χ4v) is 4.20. The van der Waals surface area contributed by atoms with E-state index >= 15 is 0 Å². The number of benzene rings is 3. The number of ether oxygens (including phenoxy) is 7. The first-order valence-corrected chi connectivity index (χ1v) is 11.1. The van der Waals surface area contributed by atoms with Gasteiger partial charge in [-0.1, -0.05) is 12.1 Å². The second kappa shape index (κ2) is 10.6. The van der Waals surface area contributed by atoms with E-state index in [-0.39, 0.29) is 12.0 Å². The summed E-state index contributed by atoms with van der Waals surface area (Å²) in [6.07, 6.45) is -1.39. The van der Waals surface area contributed by atoms with Gasteiger partial charge in [-0.3, -0.25) is 0 Å². The topological polar surface area (TPSA) is 81.7 Å². The Bertz CT molecular complexity index is 1230. The van der Waals surface area contributed by atoms with Gasteiger partial charge in [0.2, 0.25) is 5.75 Å². The van der Waals surface area contributed by atoms with E-state index in [2.05, 4.69) is 0 Å². The highest BCUT2D eigenvalue weighted by Gasteiger charge is 2.38. The normalized spacial score (nSPS) is 16.3. The lowest BCUT2D eigenvalue weighted by Crippen LogP contribution is -2.35. The number of methoxy groups -OCH3 is 5. The van der Waals surface area contributed by atoms with Crippen LogP contribution in [-0.4, -0.2) is 47.6 Å². The van der Waals surface area contributed by atoms with Crippen LogP contribution in [0.1, 0.15) is 27.6 Å². The number of hydrogen-bond acceptors (Lipinski definition) is 8. The largest absolute Gasteiger partial charge is 0.496 e. The van der Waals surface area contributed by atoms with Gasteiger partial charge >= 0.3 is 5.97 Å². The predicted octanol–water partition coefficient (Wildman–Crippen LogP) is 4.77. The minimum atomic E-state index is -0.838. The van der Waals surface area contributed by atoms with E-state index < -0.39 is 24.0 Å². The molecule has 0 saturated carbocycles. The maximum absolute atomic E-state index is 14.3. The van der Waals surface area contributed by atoms with E-state index in [1.165, 1.54) is 46.6 Å². The van der Waals surface area contributed by atoms with Crippen LogP contribution in [0.2, 0.25) is 0 Å². The first-order valence-electron chi connectivity index (χ1n) is 11.1. The molecular formula is C27H27FO8. The highest BCUT2D eigenvalue weighted by Crippen LogP contribution is 2.46. The molecule has 0 spiro atoms. The standard InChI is InChI=1S/C27H27FO8/c1-30-16-12-20(31-2)18-14-24(36-27(29)17-8-6-7-9-19(17)28)25(35-21(18)13-16)15-10-22(32-3)26(34-5)23(11-15)33-4/h6-13,24-25H,14H2,1-5H3. The summed E-state index contributed by atoms with van der Waals surface area (Å²) >= 11 is 0. The van der Waals surface area contributed by atoms with Gasteiger partial charge in [0, 0.05) is 29.7 Å². The van der Waals surface area contributed by atoms with E-state index in [1.807, 2.05) is 0 Å². The average molecular weight is 499 g/mol. The number of fused-ring (bicyclic) bond motifs is 1. The average Bonchev–Trinajstić information content (AvgIpc) is 2.91. The van der Waals surface area contributed by atoms with Crippen LogP contribution in [0.15, 0.2) is 48.5 Å². The fraction of sp³-hybridized carbons (Fsp3) is 0.296. The molecule has 0 N–H and O–H groups in total. The summed E-state index contributed by atoms with van der Waals surface area (Å²) < 4.78 is 53.9. The summed E-state index contributed by atoms with van der Waals surface area (Å²) in [6.45, 7) is 0. The third kappa shape index (κ3) is 4.68. The van der Waals surface area contributed by atoms with E-state index in [0.717, 1.165) is 0 Å². The van der Waals surface area contributed by atoms with Crippen molar-refractivity contribution in [1.82, 2.24) is 0 Å². The highest BCUT2D eigenvalue weighted by molar-refractivity contribution is 5.89. The molecule has 0 bridgehead atoms. The molecule has 0 aliphatic carbocycles. The summed E-state index contributed by atoms with van der Waals surface area (Å²) in [5.74, 6) is 1.29. The summed E-state index contributed by atoms with van der Waals surface area (Å²) in [6, 6.07) is 12.5. The summed E-state index contributed by atoms with van der Waals surface area (Å²) in [4.78, 5) is 13.0. The van der Waals surface area contributed by atoms with Crippen molar-refractivity contribution >= 4 is 5.97 Å². The molecule has 0 saturated heterocycles. The van der Waals surface area contributed by atoms with Crippen LogP contribution in [0.4, 0.5) is 4.39 Å². The van der Waals surface area contributed by atoms with Gasteiger partial charge < -0.3 is 33.2 Å². The van der Waals surface area contributed by atoms with Crippen LogP contribution in [0.5, 0.6) is 34.5 Å². The van der Waals surface area contributed by atoms with Crippen molar-refractivity contribution in [2.45, 2.75) is 18.6 Å². The van der Waals surface area contributed by atoms with Gasteiger partial charge in [0.05, 0.1) is 41.1 Å². The van der Waals surface area contributed by atoms with E-state index in [9.17, 15) is 9.18 Å². The third-order valence-corrected chi connectivity index (χ3v) is 5.96. The van der Waals surface area contributed by atoms with Gasteiger partial charge in [0.1, 0.15) is 29.2 Å². The lowest BCUT2D eigenvalue weighted by Gasteiger charge is -2.34. The summed E-state index contributed by atoms with van der Waals surface area (Å²) in [7, 11) is 7.58. The van der Waals surface area contributed by atoms with Gasteiger partial charge in [-0.25, -0.2) is 9.18 Å². The van der Waals surface area contributed by atoms with Crippen LogP contribution in [0.3, 0.4) is 0 Å². The Morgan fingerprint density at radius 3 is 2.11 bits per heavy atom. The van der Waals surface area contributed by atoms with E-state index in [4.69, 9.17) is 33.2 Å².